The highest BCUT2D eigenvalue weighted by Gasteiger charge is 2.10. The lowest BCUT2D eigenvalue weighted by molar-refractivity contribution is 0.352. The van der Waals surface area contributed by atoms with E-state index < -0.39 is 0 Å². The lowest BCUT2D eigenvalue weighted by atomic mass is 10.2. The quantitative estimate of drug-likeness (QED) is 0.905. The molecule has 1 heterocycles. The molecule has 4 nitrogen and oxygen atoms in total. The Labute approximate surface area is 108 Å². The normalized spacial score (nSPS) is 10.2. The van der Waals surface area contributed by atoms with Gasteiger partial charge in [-0.3, -0.25) is 0 Å². The maximum Gasteiger partial charge on any atom is 0.163 e. The third-order valence-electron chi connectivity index (χ3n) is 2.42. The lowest BCUT2D eigenvalue weighted by Crippen LogP contribution is -2.03. The molecule has 0 amide bonds. The smallest absolute Gasteiger partial charge is 0.163 e. The zero-order chi connectivity index (χ0) is 13.0. The van der Waals surface area contributed by atoms with E-state index in [2.05, 4.69) is 10.3 Å². The Morgan fingerprint density at radius 2 is 2.00 bits per heavy atom. The second-order valence-corrected chi connectivity index (χ2v) is 4.24. The summed E-state index contributed by atoms with van der Waals surface area (Å²) in [5, 5.41) is 4.88. The van der Waals surface area contributed by atoms with Gasteiger partial charge in [-0.15, -0.1) is 11.3 Å². The van der Waals surface area contributed by atoms with Crippen molar-refractivity contribution in [3.63, 3.8) is 0 Å². The second-order valence-electron chi connectivity index (χ2n) is 3.52. The van der Waals surface area contributed by atoms with E-state index in [9.17, 15) is 4.39 Å². The van der Waals surface area contributed by atoms with Crippen LogP contribution in [0.3, 0.4) is 0 Å². The molecule has 0 saturated heterocycles. The van der Waals surface area contributed by atoms with Crippen LogP contribution in [0.15, 0.2) is 23.0 Å². The minimum atomic E-state index is -0.386. The SMILES string of the molecule is COc1cc(F)c(NCc2cscn2)cc1OC. The molecule has 0 bridgehead atoms. The molecule has 0 aliphatic carbocycles. The van der Waals surface area contributed by atoms with Crippen molar-refractivity contribution in [3.8, 4) is 11.5 Å². The Morgan fingerprint density at radius 3 is 2.61 bits per heavy atom. The molecule has 0 saturated carbocycles. The first-order chi connectivity index (χ1) is 8.74. The van der Waals surface area contributed by atoms with E-state index >= 15 is 0 Å². The number of nitrogens with one attached hydrogen (secondary N) is 1. The molecule has 0 atom stereocenters. The zero-order valence-electron chi connectivity index (χ0n) is 10.1. The molecule has 0 spiro atoms. The molecule has 6 heteroatoms. The number of methoxy groups -OCH3 is 2. The number of hydrogen-bond acceptors (Lipinski definition) is 5. The summed E-state index contributed by atoms with van der Waals surface area (Å²) in [6.45, 7) is 0.468. The van der Waals surface area contributed by atoms with Crippen LogP contribution in [0, 0.1) is 5.82 Å². The summed E-state index contributed by atoms with van der Waals surface area (Å²) in [6, 6.07) is 2.86. The molecule has 0 fully saturated rings. The van der Waals surface area contributed by atoms with E-state index in [0.29, 0.717) is 23.7 Å². The summed E-state index contributed by atoms with van der Waals surface area (Å²) in [7, 11) is 2.99. The Morgan fingerprint density at radius 1 is 1.28 bits per heavy atom. The van der Waals surface area contributed by atoms with Gasteiger partial charge in [0.25, 0.3) is 0 Å². The van der Waals surface area contributed by atoms with Gasteiger partial charge in [0.15, 0.2) is 11.5 Å². The van der Waals surface area contributed by atoms with Crippen LogP contribution in [0.25, 0.3) is 0 Å². The van der Waals surface area contributed by atoms with Gasteiger partial charge in [-0.1, -0.05) is 0 Å². The fourth-order valence-corrected chi connectivity index (χ4v) is 2.06. The maximum atomic E-state index is 13.8. The first-order valence-corrected chi connectivity index (χ1v) is 6.21. The van der Waals surface area contributed by atoms with Crippen LogP contribution in [0.5, 0.6) is 11.5 Å². The summed E-state index contributed by atoms with van der Waals surface area (Å²) in [5.74, 6) is 0.469. The van der Waals surface area contributed by atoms with Crippen molar-refractivity contribution >= 4 is 17.0 Å². The fourth-order valence-electron chi connectivity index (χ4n) is 1.50. The standard InChI is InChI=1S/C12H13FN2O2S/c1-16-11-3-9(13)10(4-12(11)17-2)14-5-8-6-18-7-15-8/h3-4,6-7,14H,5H2,1-2H3. The van der Waals surface area contributed by atoms with Crippen molar-refractivity contribution in [3.05, 3.63) is 34.5 Å². The summed E-state index contributed by atoms with van der Waals surface area (Å²) >= 11 is 1.50. The van der Waals surface area contributed by atoms with E-state index in [1.807, 2.05) is 5.38 Å². The molecular formula is C12H13FN2O2S. The minimum absolute atomic E-state index is 0.362. The highest BCUT2D eigenvalue weighted by atomic mass is 32.1. The van der Waals surface area contributed by atoms with Crippen molar-refractivity contribution < 1.29 is 13.9 Å². The molecule has 0 radical (unpaired) electrons. The number of halogens is 1. The summed E-state index contributed by atoms with van der Waals surface area (Å²) in [5.41, 5.74) is 2.97. The average Bonchev–Trinajstić information content (AvgIpc) is 2.90. The lowest BCUT2D eigenvalue weighted by Gasteiger charge is -2.11. The van der Waals surface area contributed by atoms with E-state index in [1.54, 1.807) is 11.6 Å². The molecule has 0 unspecified atom stereocenters. The molecule has 96 valence electrons. The topological polar surface area (TPSA) is 43.4 Å². The minimum Gasteiger partial charge on any atom is -0.493 e. The third kappa shape index (κ3) is 2.70. The van der Waals surface area contributed by atoms with Gasteiger partial charge >= 0.3 is 0 Å². The molecule has 0 aliphatic heterocycles. The Kier molecular flexibility index (Phi) is 3.99. The third-order valence-corrected chi connectivity index (χ3v) is 3.05. The van der Waals surface area contributed by atoms with Crippen LogP contribution in [0.1, 0.15) is 5.69 Å². The number of thiazole rings is 1. The number of anilines is 1. The van der Waals surface area contributed by atoms with Crippen LogP contribution in [0.2, 0.25) is 0 Å². The van der Waals surface area contributed by atoms with E-state index in [1.165, 1.54) is 31.6 Å². The van der Waals surface area contributed by atoms with Gasteiger partial charge in [-0.2, -0.15) is 0 Å². The monoisotopic (exact) mass is 268 g/mol. The Balaban J connectivity index is 2.17. The number of ether oxygens (including phenoxy) is 2. The molecule has 18 heavy (non-hydrogen) atoms. The predicted molar refractivity (Wildman–Crippen MR) is 68.9 cm³/mol. The first kappa shape index (κ1) is 12.6. The van der Waals surface area contributed by atoms with E-state index in [-0.39, 0.29) is 5.82 Å². The van der Waals surface area contributed by atoms with Gasteiger partial charge in [0.2, 0.25) is 0 Å². The maximum absolute atomic E-state index is 13.8. The fraction of sp³-hybridized carbons (Fsp3) is 0.250. The van der Waals surface area contributed by atoms with Crippen LogP contribution in [-0.2, 0) is 6.54 Å². The second kappa shape index (κ2) is 5.68. The largest absolute Gasteiger partial charge is 0.493 e. The summed E-state index contributed by atoms with van der Waals surface area (Å²) < 4.78 is 23.9. The zero-order valence-corrected chi connectivity index (χ0v) is 10.9. The summed E-state index contributed by atoms with van der Waals surface area (Å²) in [4.78, 5) is 4.11. The van der Waals surface area contributed by atoms with Crippen molar-refractivity contribution in [1.29, 1.82) is 0 Å². The number of rotatable bonds is 5. The molecule has 0 aliphatic rings. The van der Waals surface area contributed by atoms with E-state index in [4.69, 9.17) is 9.47 Å². The number of aromatic nitrogens is 1. The van der Waals surface area contributed by atoms with Gasteiger partial charge in [-0.05, 0) is 0 Å². The molecule has 2 rings (SSSR count). The van der Waals surface area contributed by atoms with Crippen molar-refractivity contribution in [1.82, 2.24) is 4.98 Å². The highest BCUT2D eigenvalue weighted by molar-refractivity contribution is 7.07. The number of benzene rings is 1. The van der Waals surface area contributed by atoms with Crippen LogP contribution < -0.4 is 14.8 Å². The van der Waals surface area contributed by atoms with Crippen LogP contribution in [-0.4, -0.2) is 19.2 Å². The molecule has 1 aromatic heterocycles. The van der Waals surface area contributed by atoms with Gasteiger partial charge in [0.05, 0.1) is 37.7 Å². The van der Waals surface area contributed by atoms with Crippen molar-refractivity contribution in [2.24, 2.45) is 0 Å². The van der Waals surface area contributed by atoms with Gasteiger partial charge in [-0.25, -0.2) is 9.37 Å². The Hall–Kier alpha value is -1.82. The highest BCUT2D eigenvalue weighted by Crippen LogP contribution is 2.32. The van der Waals surface area contributed by atoms with Gasteiger partial charge < -0.3 is 14.8 Å². The average molecular weight is 268 g/mol. The van der Waals surface area contributed by atoms with E-state index in [0.717, 1.165) is 5.69 Å². The molecule has 1 aromatic carbocycles. The Bertz CT molecular complexity index is 517. The van der Waals surface area contributed by atoms with Crippen LogP contribution in [0.4, 0.5) is 10.1 Å². The number of hydrogen-bond donors (Lipinski definition) is 1. The van der Waals surface area contributed by atoms with Gasteiger partial charge in [0, 0.05) is 17.5 Å². The first-order valence-electron chi connectivity index (χ1n) is 5.27. The molecule has 1 N–H and O–H groups in total. The van der Waals surface area contributed by atoms with Crippen molar-refractivity contribution in [2.75, 3.05) is 19.5 Å². The van der Waals surface area contributed by atoms with Crippen LogP contribution >= 0.6 is 11.3 Å². The molecule has 2 aromatic rings. The molecular weight excluding hydrogens is 255 g/mol. The van der Waals surface area contributed by atoms with Crippen molar-refractivity contribution in [2.45, 2.75) is 6.54 Å². The predicted octanol–water partition coefficient (Wildman–Crippen LogP) is 2.91. The summed E-state index contributed by atoms with van der Waals surface area (Å²) in [6.07, 6.45) is 0. The van der Waals surface area contributed by atoms with Gasteiger partial charge in [0.1, 0.15) is 5.82 Å². The number of nitrogens with zero attached hydrogens (tertiary/aromatic N) is 1.